The molecule has 0 radical (unpaired) electrons. The zero-order valence-electron chi connectivity index (χ0n) is 13.6. The molecule has 0 bridgehead atoms. The van der Waals surface area contributed by atoms with E-state index in [0.717, 1.165) is 19.7 Å². The Bertz CT molecular complexity index is 441. The Hall–Kier alpha value is -0.870. The fourth-order valence-corrected chi connectivity index (χ4v) is 2.77. The van der Waals surface area contributed by atoms with Gasteiger partial charge in [-0.15, -0.1) is 0 Å². The van der Waals surface area contributed by atoms with Crippen molar-refractivity contribution in [3.63, 3.8) is 0 Å². The van der Waals surface area contributed by atoms with Crippen LogP contribution in [0.25, 0.3) is 0 Å². The summed E-state index contributed by atoms with van der Waals surface area (Å²) >= 11 is 0. The third-order valence-corrected chi connectivity index (χ3v) is 4.22. The van der Waals surface area contributed by atoms with Crippen molar-refractivity contribution >= 4 is 0 Å². The van der Waals surface area contributed by atoms with E-state index in [1.807, 2.05) is 11.7 Å². The van der Waals surface area contributed by atoms with Crippen LogP contribution in [0, 0.1) is 5.41 Å². The number of ether oxygens (including phenoxy) is 1. The lowest BCUT2D eigenvalue weighted by Crippen LogP contribution is -2.26. The first-order valence-corrected chi connectivity index (χ1v) is 7.59. The fraction of sp³-hybridized carbons (Fsp3) is 0.812. The summed E-state index contributed by atoms with van der Waals surface area (Å²) in [6, 6.07) is 0. The molecule has 0 amide bonds. The molecular formula is C16H29N3O. The average Bonchev–Trinajstić information content (AvgIpc) is 3.01. The van der Waals surface area contributed by atoms with Gasteiger partial charge in [-0.05, 0) is 24.7 Å². The molecule has 4 nitrogen and oxygen atoms in total. The highest BCUT2D eigenvalue weighted by Gasteiger charge is 2.41. The molecule has 0 spiro atoms. The van der Waals surface area contributed by atoms with Crippen molar-refractivity contribution in [2.45, 2.75) is 52.0 Å². The Morgan fingerprint density at radius 3 is 2.65 bits per heavy atom. The van der Waals surface area contributed by atoms with Crippen LogP contribution in [0.3, 0.4) is 0 Å². The van der Waals surface area contributed by atoms with Gasteiger partial charge in [-0.25, -0.2) is 0 Å². The van der Waals surface area contributed by atoms with Crippen molar-refractivity contribution in [3.05, 3.63) is 17.5 Å². The lowest BCUT2D eigenvalue weighted by Gasteiger charge is -2.19. The van der Waals surface area contributed by atoms with Crippen molar-refractivity contribution in [2.75, 3.05) is 20.3 Å². The number of rotatable bonds is 7. The predicted octanol–water partition coefficient (Wildman–Crippen LogP) is 2.62. The SMILES string of the molecule is COCCC1(CNCc2cn(C)nc2C(C)(C)C)CC1. The minimum absolute atomic E-state index is 0.103. The molecule has 1 N–H and O–H groups in total. The summed E-state index contributed by atoms with van der Waals surface area (Å²) in [5, 5.41) is 8.25. The van der Waals surface area contributed by atoms with Crippen LogP contribution >= 0.6 is 0 Å². The van der Waals surface area contributed by atoms with Gasteiger partial charge in [0.15, 0.2) is 0 Å². The van der Waals surface area contributed by atoms with Gasteiger partial charge in [0.25, 0.3) is 0 Å². The van der Waals surface area contributed by atoms with Crippen LogP contribution in [0.5, 0.6) is 0 Å². The summed E-state index contributed by atoms with van der Waals surface area (Å²) in [6.07, 6.45) is 5.99. The zero-order chi connectivity index (χ0) is 14.8. The largest absolute Gasteiger partial charge is 0.385 e. The topological polar surface area (TPSA) is 39.1 Å². The summed E-state index contributed by atoms with van der Waals surface area (Å²) in [5.41, 5.74) is 3.13. The number of hydrogen-bond acceptors (Lipinski definition) is 3. The van der Waals surface area contributed by atoms with Crippen LogP contribution < -0.4 is 5.32 Å². The first-order valence-electron chi connectivity index (χ1n) is 7.59. The lowest BCUT2D eigenvalue weighted by atomic mass is 9.89. The molecule has 1 aliphatic rings. The van der Waals surface area contributed by atoms with Gasteiger partial charge in [0.1, 0.15) is 0 Å². The number of aromatic nitrogens is 2. The average molecular weight is 279 g/mol. The van der Waals surface area contributed by atoms with Crippen molar-refractivity contribution in [1.82, 2.24) is 15.1 Å². The maximum Gasteiger partial charge on any atom is 0.0722 e. The first-order chi connectivity index (χ1) is 9.36. The Labute approximate surface area is 122 Å². The lowest BCUT2D eigenvalue weighted by molar-refractivity contribution is 0.171. The van der Waals surface area contributed by atoms with Crippen LogP contribution in [-0.2, 0) is 23.7 Å². The van der Waals surface area contributed by atoms with E-state index in [0.29, 0.717) is 5.41 Å². The Morgan fingerprint density at radius 2 is 2.10 bits per heavy atom. The molecule has 0 aliphatic heterocycles. The molecule has 0 aromatic carbocycles. The summed E-state index contributed by atoms with van der Waals surface area (Å²) in [6.45, 7) is 9.55. The van der Waals surface area contributed by atoms with Crippen molar-refractivity contribution in [1.29, 1.82) is 0 Å². The first kappa shape index (κ1) is 15.5. The molecule has 1 aromatic heterocycles. The van der Waals surface area contributed by atoms with Crippen LogP contribution in [0.1, 0.15) is 51.3 Å². The smallest absolute Gasteiger partial charge is 0.0722 e. The fourth-order valence-electron chi connectivity index (χ4n) is 2.77. The highest BCUT2D eigenvalue weighted by molar-refractivity contribution is 5.24. The molecule has 20 heavy (non-hydrogen) atoms. The molecule has 2 rings (SSSR count). The van der Waals surface area contributed by atoms with E-state index in [1.54, 1.807) is 7.11 Å². The minimum Gasteiger partial charge on any atom is -0.385 e. The second kappa shape index (κ2) is 5.86. The second-order valence-corrected chi connectivity index (χ2v) is 7.27. The van der Waals surface area contributed by atoms with Gasteiger partial charge in [0.2, 0.25) is 0 Å². The van der Waals surface area contributed by atoms with Gasteiger partial charge >= 0.3 is 0 Å². The quantitative estimate of drug-likeness (QED) is 0.834. The Kier molecular flexibility index (Phi) is 4.55. The van der Waals surface area contributed by atoms with E-state index in [2.05, 4.69) is 37.4 Å². The normalized spacial score (nSPS) is 17.4. The summed E-state index contributed by atoms with van der Waals surface area (Å²) in [4.78, 5) is 0. The minimum atomic E-state index is 0.103. The van der Waals surface area contributed by atoms with Crippen LogP contribution in [0.15, 0.2) is 6.20 Å². The summed E-state index contributed by atoms with van der Waals surface area (Å²) < 4.78 is 7.13. The molecular weight excluding hydrogens is 250 g/mol. The predicted molar refractivity (Wildman–Crippen MR) is 81.8 cm³/mol. The van der Waals surface area contributed by atoms with Gasteiger partial charge < -0.3 is 10.1 Å². The van der Waals surface area contributed by atoms with Crippen LogP contribution in [0.2, 0.25) is 0 Å². The monoisotopic (exact) mass is 279 g/mol. The van der Waals surface area contributed by atoms with Crippen LogP contribution in [-0.4, -0.2) is 30.0 Å². The van der Waals surface area contributed by atoms with Crippen LogP contribution in [0.4, 0.5) is 0 Å². The van der Waals surface area contributed by atoms with E-state index in [1.165, 1.54) is 30.5 Å². The molecule has 1 saturated carbocycles. The third-order valence-electron chi connectivity index (χ3n) is 4.22. The van der Waals surface area contributed by atoms with E-state index in [9.17, 15) is 0 Å². The molecule has 4 heteroatoms. The molecule has 1 heterocycles. The van der Waals surface area contributed by atoms with E-state index >= 15 is 0 Å². The zero-order valence-corrected chi connectivity index (χ0v) is 13.6. The molecule has 0 saturated heterocycles. The van der Waals surface area contributed by atoms with Gasteiger partial charge in [-0.2, -0.15) is 5.10 Å². The molecule has 0 unspecified atom stereocenters. The third kappa shape index (κ3) is 3.83. The molecule has 1 fully saturated rings. The molecule has 1 aliphatic carbocycles. The number of aryl methyl sites for hydroxylation is 1. The number of methoxy groups -OCH3 is 1. The standard InChI is InChI=1S/C16H29N3O/c1-15(2,3)14-13(11-19(4)18-14)10-17-12-16(6-7-16)8-9-20-5/h11,17H,6-10,12H2,1-5H3. The van der Waals surface area contributed by atoms with E-state index in [4.69, 9.17) is 4.74 Å². The van der Waals surface area contributed by atoms with Crippen molar-refractivity contribution in [2.24, 2.45) is 12.5 Å². The van der Waals surface area contributed by atoms with Crippen molar-refractivity contribution in [3.8, 4) is 0 Å². The molecule has 0 atom stereocenters. The number of hydrogen-bond donors (Lipinski definition) is 1. The van der Waals surface area contributed by atoms with Gasteiger partial charge in [-0.3, -0.25) is 4.68 Å². The second-order valence-electron chi connectivity index (χ2n) is 7.27. The number of nitrogens with zero attached hydrogens (tertiary/aromatic N) is 2. The Morgan fingerprint density at radius 1 is 1.40 bits per heavy atom. The highest BCUT2D eigenvalue weighted by atomic mass is 16.5. The van der Waals surface area contributed by atoms with Gasteiger partial charge in [-0.1, -0.05) is 20.8 Å². The summed E-state index contributed by atoms with van der Waals surface area (Å²) in [5.74, 6) is 0. The molecule has 1 aromatic rings. The van der Waals surface area contributed by atoms with Crippen molar-refractivity contribution < 1.29 is 4.74 Å². The van der Waals surface area contributed by atoms with Gasteiger partial charge in [0.05, 0.1) is 5.69 Å². The van der Waals surface area contributed by atoms with Gasteiger partial charge in [0, 0.05) is 51.0 Å². The molecule has 114 valence electrons. The Balaban J connectivity index is 1.89. The number of nitrogens with one attached hydrogen (secondary N) is 1. The summed E-state index contributed by atoms with van der Waals surface area (Å²) in [7, 11) is 3.79. The maximum atomic E-state index is 5.21. The van der Waals surface area contributed by atoms with E-state index < -0.39 is 0 Å². The highest BCUT2D eigenvalue weighted by Crippen LogP contribution is 2.48. The van der Waals surface area contributed by atoms with E-state index in [-0.39, 0.29) is 5.41 Å². The maximum absolute atomic E-state index is 5.21.